The second-order valence-corrected chi connectivity index (χ2v) is 9.07. The molecule has 0 fully saturated rings. The highest BCUT2D eigenvalue weighted by atomic mass is 31.1. The molecule has 0 aliphatic heterocycles. The lowest BCUT2D eigenvalue weighted by Gasteiger charge is -2.11. The fraction of sp³-hybridized carbons (Fsp3) is 0.286. The normalized spacial score (nSPS) is 11.8. The number of carbonyl (C=O) groups is 2. The Morgan fingerprint density at radius 3 is 1.78 bits per heavy atom. The molecule has 2 atom stereocenters. The van der Waals surface area contributed by atoms with Crippen LogP contribution in [0.15, 0.2) is 91.0 Å². The first-order valence-corrected chi connectivity index (χ1v) is 13.2. The molecule has 3 aromatic carbocycles. The Morgan fingerprint density at radius 1 is 0.703 bits per heavy atom. The van der Waals surface area contributed by atoms with Crippen molar-refractivity contribution in [3.8, 4) is 0 Å². The van der Waals surface area contributed by atoms with Crippen LogP contribution in [0.3, 0.4) is 0 Å². The summed E-state index contributed by atoms with van der Waals surface area (Å²) in [5, 5.41) is 2.68. The van der Waals surface area contributed by atoms with Crippen LogP contribution in [0.1, 0.15) is 36.0 Å². The molecule has 37 heavy (non-hydrogen) atoms. The fourth-order valence-electron chi connectivity index (χ4n) is 3.29. The van der Waals surface area contributed by atoms with Gasteiger partial charge in [0, 0.05) is 11.1 Å². The molecule has 3 aromatic rings. The number of alkyl carbamates (subject to hydrolysis) is 1. The number of rotatable bonds is 15. The molecule has 0 bridgehead atoms. The molecule has 0 saturated heterocycles. The number of hydrogen-bond donors (Lipinski definition) is 1. The van der Waals surface area contributed by atoms with E-state index in [1.54, 1.807) is 0 Å². The largest absolute Gasteiger partial charge is 0.698 e. The minimum absolute atomic E-state index is 0.0794. The lowest BCUT2D eigenvalue weighted by Crippen LogP contribution is -2.27. The monoisotopic (exact) mass is 524 g/mol. The van der Waals surface area contributed by atoms with Gasteiger partial charge in [-0.2, -0.15) is 0 Å². The Balaban J connectivity index is 1.42. The molecule has 0 saturated carbocycles. The Labute approximate surface area is 217 Å². The van der Waals surface area contributed by atoms with E-state index in [0.29, 0.717) is 19.4 Å². The molecule has 0 aliphatic carbocycles. The number of unbranched alkanes of at least 4 members (excludes halogenated alkanes) is 1. The molecule has 3 rings (SSSR count). The van der Waals surface area contributed by atoms with Crippen molar-refractivity contribution < 1.29 is 32.7 Å². The van der Waals surface area contributed by atoms with Crippen molar-refractivity contribution in [1.29, 1.82) is 0 Å². The van der Waals surface area contributed by atoms with E-state index in [0.717, 1.165) is 16.7 Å². The summed E-state index contributed by atoms with van der Waals surface area (Å²) >= 11 is 0. The third kappa shape index (κ3) is 11.3. The minimum Gasteiger partial charge on any atom is -0.459 e. The summed E-state index contributed by atoms with van der Waals surface area (Å²) in [4.78, 5) is 24.6. The molecule has 0 radical (unpaired) electrons. The maximum Gasteiger partial charge on any atom is 0.698 e. The number of amides is 1. The van der Waals surface area contributed by atoms with Crippen molar-refractivity contribution in [2.24, 2.45) is 0 Å². The van der Waals surface area contributed by atoms with E-state index in [1.807, 2.05) is 91.0 Å². The molecule has 194 valence electrons. The topological polar surface area (TPSA) is 100 Å². The van der Waals surface area contributed by atoms with Crippen LogP contribution in [0.5, 0.6) is 0 Å². The van der Waals surface area contributed by atoms with Crippen molar-refractivity contribution in [2.45, 2.75) is 45.2 Å². The highest BCUT2D eigenvalue weighted by Gasteiger charge is 2.33. The maximum absolute atomic E-state index is 12.7. The second-order valence-electron chi connectivity index (χ2n) is 8.15. The predicted molar refractivity (Wildman–Crippen MR) is 138 cm³/mol. The summed E-state index contributed by atoms with van der Waals surface area (Å²) in [5.74, 6) is -0.620. The van der Waals surface area contributed by atoms with Crippen molar-refractivity contribution >= 4 is 20.3 Å². The van der Waals surface area contributed by atoms with Crippen molar-refractivity contribution in [1.82, 2.24) is 5.32 Å². The second kappa shape index (κ2) is 16.2. The standard InChI is InChI=1S/C28H30NO7P/c30-27(33-20-23-12-4-1-5-13-23)26(36-37(32)35-22-25-16-8-3-9-17-25)18-10-11-19-29-28(31)34-21-24-14-6-2-7-15-24/h1-9,12-17,26H,10-11,18-22H2/p+1. The zero-order valence-corrected chi connectivity index (χ0v) is 21.4. The van der Waals surface area contributed by atoms with E-state index < -0.39 is 26.4 Å². The zero-order valence-electron chi connectivity index (χ0n) is 20.5. The summed E-state index contributed by atoms with van der Waals surface area (Å²) < 4.78 is 33.7. The van der Waals surface area contributed by atoms with Gasteiger partial charge in [-0.05, 0) is 36.0 Å². The van der Waals surface area contributed by atoms with Gasteiger partial charge in [-0.25, -0.2) is 9.59 Å². The SMILES string of the molecule is O=C(NCCCCC(O[P+](=O)OCc1ccccc1)C(=O)OCc1ccccc1)OCc1ccccc1. The first-order valence-electron chi connectivity index (χ1n) is 12.1. The third-order valence-electron chi connectivity index (χ3n) is 5.25. The molecule has 0 aliphatic rings. The van der Waals surface area contributed by atoms with Crippen LogP contribution in [0.4, 0.5) is 4.79 Å². The molecule has 9 heteroatoms. The number of carbonyl (C=O) groups excluding carboxylic acids is 2. The lowest BCUT2D eigenvalue weighted by atomic mass is 10.1. The molecule has 0 aromatic heterocycles. The molecule has 2 unspecified atom stereocenters. The number of esters is 1. The highest BCUT2D eigenvalue weighted by Crippen LogP contribution is 2.30. The Bertz CT molecular complexity index is 1100. The maximum atomic E-state index is 12.7. The van der Waals surface area contributed by atoms with E-state index in [2.05, 4.69) is 5.32 Å². The van der Waals surface area contributed by atoms with Gasteiger partial charge in [-0.3, -0.25) is 0 Å². The van der Waals surface area contributed by atoms with Gasteiger partial charge in [0.1, 0.15) is 19.8 Å². The van der Waals surface area contributed by atoms with Gasteiger partial charge >= 0.3 is 20.3 Å². The van der Waals surface area contributed by atoms with Crippen LogP contribution in [0, 0.1) is 0 Å². The molecule has 0 heterocycles. The number of ether oxygens (including phenoxy) is 2. The predicted octanol–water partition coefficient (Wildman–Crippen LogP) is 6.09. The Morgan fingerprint density at radius 2 is 1.22 bits per heavy atom. The molecular formula is C28H31NO7P+. The van der Waals surface area contributed by atoms with Crippen molar-refractivity contribution in [2.75, 3.05) is 6.54 Å². The average Bonchev–Trinajstić information content (AvgIpc) is 2.94. The smallest absolute Gasteiger partial charge is 0.459 e. The molecule has 8 nitrogen and oxygen atoms in total. The highest BCUT2D eigenvalue weighted by molar-refractivity contribution is 7.33. The summed E-state index contributed by atoms with van der Waals surface area (Å²) in [6, 6.07) is 27.9. The van der Waals surface area contributed by atoms with Gasteiger partial charge in [-0.1, -0.05) is 91.0 Å². The van der Waals surface area contributed by atoms with Gasteiger partial charge in [0.15, 0.2) is 0 Å². The van der Waals surface area contributed by atoms with E-state index in [1.165, 1.54) is 0 Å². The van der Waals surface area contributed by atoms with Crippen molar-refractivity contribution in [3.05, 3.63) is 108 Å². The summed E-state index contributed by atoms with van der Waals surface area (Å²) in [6.07, 6.45) is -0.242. The molecular weight excluding hydrogens is 493 g/mol. The number of benzene rings is 3. The van der Waals surface area contributed by atoms with E-state index >= 15 is 0 Å². The van der Waals surface area contributed by atoms with E-state index in [9.17, 15) is 14.2 Å². The molecule has 1 N–H and O–H groups in total. The van der Waals surface area contributed by atoms with E-state index in [4.69, 9.17) is 18.5 Å². The molecule has 0 spiro atoms. The first kappa shape index (κ1) is 28.0. The van der Waals surface area contributed by atoms with Crippen LogP contribution in [-0.4, -0.2) is 24.7 Å². The van der Waals surface area contributed by atoms with E-state index in [-0.39, 0.29) is 26.2 Å². The Hall–Kier alpha value is -3.58. The first-order chi connectivity index (χ1) is 18.1. The summed E-state index contributed by atoms with van der Waals surface area (Å²) in [6.45, 7) is 0.717. The Kier molecular flexibility index (Phi) is 12.3. The van der Waals surface area contributed by atoms with Crippen LogP contribution in [-0.2, 0) is 47.7 Å². The van der Waals surface area contributed by atoms with Gasteiger partial charge in [0.05, 0.1) is 0 Å². The van der Waals surface area contributed by atoms with Gasteiger partial charge < -0.3 is 14.8 Å². The zero-order chi connectivity index (χ0) is 26.1. The van der Waals surface area contributed by atoms with Crippen LogP contribution < -0.4 is 5.32 Å². The van der Waals surface area contributed by atoms with Gasteiger partial charge in [0.25, 0.3) is 0 Å². The van der Waals surface area contributed by atoms with Crippen LogP contribution in [0.25, 0.3) is 0 Å². The van der Waals surface area contributed by atoms with Gasteiger partial charge in [0.2, 0.25) is 6.10 Å². The quantitative estimate of drug-likeness (QED) is 0.146. The fourth-order valence-corrected chi connectivity index (χ4v) is 4.00. The van der Waals surface area contributed by atoms with Crippen LogP contribution >= 0.6 is 8.25 Å². The minimum atomic E-state index is -2.54. The van der Waals surface area contributed by atoms with Crippen molar-refractivity contribution in [3.63, 3.8) is 0 Å². The summed E-state index contributed by atoms with van der Waals surface area (Å²) in [5.41, 5.74) is 2.57. The van der Waals surface area contributed by atoms with Gasteiger partial charge in [-0.15, -0.1) is 9.05 Å². The third-order valence-corrected chi connectivity index (χ3v) is 6.02. The lowest BCUT2D eigenvalue weighted by molar-refractivity contribution is -0.154. The average molecular weight is 525 g/mol. The summed E-state index contributed by atoms with van der Waals surface area (Å²) in [7, 11) is -2.54. The molecule has 1 amide bonds. The number of nitrogens with one attached hydrogen (secondary N) is 1. The number of hydrogen-bond acceptors (Lipinski definition) is 7. The van der Waals surface area contributed by atoms with Crippen LogP contribution in [0.2, 0.25) is 0 Å².